The Hall–Kier alpha value is -3.49. The summed E-state index contributed by atoms with van der Waals surface area (Å²) in [6, 6.07) is 12.6. The lowest BCUT2D eigenvalue weighted by atomic mass is 10.1. The third-order valence-electron chi connectivity index (χ3n) is 8.26. The Morgan fingerprint density at radius 1 is 1.02 bits per heavy atom. The molecular formula is C33H30Cl2F4N6O3S2. The molecule has 6 rings (SSSR count). The number of nitrogens with one attached hydrogen (secondary N) is 1. The Kier molecular flexibility index (Phi) is 11.2. The number of thiophene rings is 1. The number of nitrogens with zero attached hydrogens (tertiary/aromatic N) is 5. The number of rotatable bonds is 8. The second-order valence-electron chi connectivity index (χ2n) is 11.7. The summed E-state index contributed by atoms with van der Waals surface area (Å²) in [4.78, 5) is 15.0. The van der Waals surface area contributed by atoms with Crippen molar-refractivity contribution in [1.29, 1.82) is 0 Å². The number of piperidine rings is 1. The van der Waals surface area contributed by atoms with Crippen molar-refractivity contribution in [2.24, 2.45) is 0 Å². The second-order valence-corrected chi connectivity index (χ2v) is 14.6. The monoisotopic (exact) mass is 768 g/mol. The fourth-order valence-corrected chi connectivity index (χ4v) is 7.82. The summed E-state index contributed by atoms with van der Waals surface area (Å²) >= 11 is 14.1. The maximum absolute atomic E-state index is 14.3. The van der Waals surface area contributed by atoms with E-state index in [0.717, 1.165) is 35.8 Å². The van der Waals surface area contributed by atoms with Gasteiger partial charge in [0.05, 0.1) is 38.3 Å². The molecule has 264 valence electrons. The molecule has 0 aliphatic carbocycles. The summed E-state index contributed by atoms with van der Waals surface area (Å²) in [5.74, 6) is 5.28. The highest BCUT2D eigenvalue weighted by Gasteiger charge is 2.34. The number of benzene rings is 2. The van der Waals surface area contributed by atoms with E-state index in [0.29, 0.717) is 44.8 Å². The third kappa shape index (κ3) is 8.34. The fourth-order valence-electron chi connectivity index (χ4n) is 5.79. The summed E-state index contributed by atoms with van der Waals surface area (Å²) in [6.07, 6.45) is -2.72. The highest BCUT2D eigenvalue weighted by molar-refractivity contribution is 7.69. The summed E-state index contributed by atoms with van der Waals surface area (Å²) in [6.45, 7) is 0.962. The van der Waals surface area contributed by atoms with Crippen molar-refractivity contribution in [3.63, 3.8) is 0 Å². The van der Waals surface area contributed by atoms with Crippen LogP contribution in [0.25, 0.3) is 16.3 Å². The molecule has 2 fully saturated rings. The Balaban J connectivity index is 1.47. The van der Waals surface area contributed by atoms with E-state index in [4.69, 9.17) is 28.3 Å². The molecule has 0 radical (unpaired) electrons. The zero-order valence-corrected chi connectivity index (χ0v) is 29.4. The smallest absolute Gasteiger partial charge is 0.283 e. The topological polar surface area (TPSA) is 90.8 Å². The molecule has 17 heteroatoms. The minimum Gasteiger partial charge on any atom is -0.283 e. The van der Waals surface area contributed by atoms with E-state index in [9.17, 15) is 30.8 Å². The summed E-state index contributed by atoms with van der Waals surface area (Å²) in [5, 5.41) is 8.47. The number of carbonyl (C=O) groups is 1. The molecule has 2 aromatic carbocycles. The Bertz CT molecular complexity index is 2010. The van der Waals surface area contributed by atoms with Crippen molar-refractivity contribution in [3.8, 4) is 28.1 Å². The lowest BCUT2D eigenvalue weighted by molar-refractivity contribution is -0.137. The number of hydrogen-bond donors (Lipinski definition) is 2. The number of aromatic nitrogens is 2. The van der Waals surface area contributed by atoms with E-state index < -0.39 is 34.7 Å². The van der Waals surface area contributed by atoms with Crippen LogP contribution in [0, 0.1) is 11.8 Å². The molecule has 2 aromatic heterocycles. The van der Waals surface area contributed by atoms with Gasteiger partial charge in [-0.05, 0) is 73.9 Å². The van der Waals surface area contributed by atoms with Crippen LogP contribution in [-0.2, 0) is 23.6 Å². The van der Waals surface area contributed by atoms with Gasteiger partial charge in [-0.15, -0.1) is 15.8 Å². The molecule has 9 nitrogen and oxygen atoms in total. The molecule has 0 spiro atoms. The van der Waals surface area contributed by atoms with Crippen molar-refractivity contribution >= 4 is 51.3 Å². The number of hydrazine groups is 2. The molecule has 1 atom stereocenters. The third-order valence-corrected chi connectivity index (χ3v) is 10.6. The normalized spacial score (nSPS) is 17.3. The molecule has 2 aliphatic heterocycles. The van der Waals surface area contributed by atoms with Gasteiger partial charge in [0.25, 0.3) is 5.91 Å². The van der Waals surface area contributed by atoms with Gasteiger partial charge in [0.1, 0.15) is 6.17 Å². The van der Waals surface area contributed by atoms with Crippen molar-refractivity contribution in [2.75, 3.05) is 26.2 Å². The van der Waals surface area contributed by atoms with Crippen LogP contribution in [0.4, 0.5) is 17.6 Å². The molecule has 4 aromatic rings. The van der Waals surface area contributed by atoms with Gasteiger partial charge in [0.2, 0.25) is 10.9 Å². The first-order valence-corrected chi connectivity index (χ1v) is 18.3. The van der Waals surface area contributed by atoms with Crippen LogP contribution in [-0.4, -0.2) is 70.9 Å². The second kappa shape index (κ2) is 15.4. The molecule has 2 saturated heterocycles. The van der Waals surface area contributed by atoms with E-state index in [2.05, 4.69) is 17.3 Å². The number of halogens is 6. The van der Waals surface area contributed by atoms with Crippen LogP contribution < -0.4 is 5.43 Å². The van der Waals surface area contributed by atoms with E-state index in [-0.39, 0.29) is 42.3 Å². The highest BCUT2D eigenvalue weighted by Crippen LogP contribution is 2.38. The standard InChI is InChI=1S/C33H30Cl2F4N6O3S2/c34-23-9-12-28(27(35)18-23)45-31(29-13-11-25(49-29)10-6-21-4-7-22(8-5-21)33(37,38)39)26(20-44(50(47)48)43-17-14-24(36)19-43)30(40-45)32(46)41-42-15-2-1-3-16-42/h4-5,7-9,11-13,18,24,50H,1-3,14-17,19-20H2,(H,41,46)/t24-/m0/s1. The number of alkyl halides is 4. The summed E-state index contributed by atoms with van der Waals surface area (Å²) < 4.78 is 81.2. The molecule has 0 unspecified atom stereocenters. The molecule has 50 heavy (non-hydrogen) atoms. The van der Waals surface area contributed by atoms with Gasteiger partial charge in [0.15, 0.2) is 5.69 Å². The van der Waals surface area contributed by atoms with Crippen LogP contribution in [0.1, 0.15) is 57.7 Å². The van der Waals surface area contributed by atoms with E-state index in [1.165, 1.54) is 39.2 Å². The van der Waals surface area contributed by atoms with Crippen molar-refractivity contribution in [3.05, 3.63) is 91.9 Å². The molecule has 0 saturated carbocycles. The van der Waals surface area contributed by atoms with E-state index in [1.807, 2.05) is 0 Å². The van der Waals surface area contributed by atoms with Gasteiger partial charge >= 0.3 is 6.18 Å². The molecule has 1 amide bonds. The minimum absolute atomic E-state index is 0.0553. The quantitative estimate of drug-likeness (QED) is 0.117. The molecule has 4 heterocycles. The highest BCUT2D eigenvalue weighted by atomic mass is 35.5. The Morgan fingerprint density at radius 2 is 1.76 bits per heavy atom. The number of hydrogen-bond acceptors (Lipinski definition) is 7. The number of amides is 1. The zero-order valence-electron chi connectivity index (χ0n) is 26.2. The first kappa shape index (κ1) is 36.3. The Morgan fingerprint density at radius 3 is 2.40 bits per heavy atom. The Labute approximate surface area is 301 Å². The van der Waals surface area contributed by atoms with Crippen LogP contribution >= 0.6 is 34.5 Å². The number of carbonyl (C=O) groups excluding carboxylic acids is 1. The van der Waals surface area contributed by atoms with Crippen LogP contribution in [0.5, 0.6) is 0 Å². The maximum Gasteiger partial charge on any atom is 0.416 e. The first-order chi connectivity index (χ1) is 23.9. The van der Waals surface area contributed by atoms with Gasteiger partial charge in [-0.2, -0.15) is 18.3 Å². The van der Waals surface area contributed by atoms with Gasteiger partial charge in [-0.1, -0.05) is 41.5 Å². The SMILES string of the molecule is O=C(NN1CCCCC1)c1nn(-c2ccc(Cl)cc2Cl)c(-c2ccc(C#Cc3ccc(C(F)(F)F)cc3)s2)c1CN(N1CC[C@H](F)C1)[SH](=O)=O. The van der Waals surface area contributed by atoms with Crippen molar-refractivity contribution < 1.29 is 30.8 Å². The summed E-state index contributed by atoms with van der Waals surface area (Å²) in [5.41, 5.74) is 3.40. The van der Waals surface area contributed by atoms with E-state index in [1.54, 1.807) is 29.3 Å². The van der Waals surface area contributed by atoms with E-state index >= 15 is 0 Å². The average Bonchev–Trinajstić information content (AvgIpc) is 3.81. The first-order valence-electron chi connectivity index (χ1n) is 15.6. The largest absolute Gasteiger partial charge is 0.416 e. The fraction of sp³-hybridized carbons (Fsp3) is 0.333. The van der Waals surface area contributed by atoms with Crippen molar-refractivity contribution in [2.45, 2.75) is 44.6 Å². The minimum atomic E-state index is -4.47. The predicted molar refractivity (Wildman–Crippen MR) is 184 cm³/mol. The van der Waals surface area contributed by atoms with Gasteiger partial charge in [-0.25, -0.2) is 27.5 Å². The predicted octanol–water partition coefficient (Wildman–Crippen LogP) is 6.74. The van der Waals surface area contributed by atoms with Gasteiger partial charge in [-0.3, -0.25) is 10.2 Å². The lowest BCUT2D eigenvalue weighted by Crippen LogP contribution is -2.45. The number of thiol groups is 1. The van der Waals surface area contributed by atoms with Gasteiger partial charge in [0, 0.05) is 42.3 Å². The molecule has 1 N–H and O–H groups in total. The molecular weight excluding hydrogens is 739 g/mol. The van der Waals surface area contributed by atoms with Crippen LogP contribution in [0.3, 0.4) is 0 Å². The van der Waals surface area contributed by atoms with Crippen LogP contribution in [0.15, 0.2) is 54.6 Å². The maximum atomic E-state index is 14.3. The van der Waals surface area contributed by atoms with Gasteiger partial charge < -0.3 is 0 Å². The van der Waals surface area contributed by atoms with Crippen LogP contribution in [0.2, 0.25) is 10.0 Å². The molecule has 2 aliphatic rings. The van der Waals surface area contributed by atoms with Crippen molar-refractivity contribution in [1.82, 2.24) is 29.6 Å². The summed E-state index contributed by atoms with van der Waals surface area (Å²) in [7, 11) is -3.26. The zero-order chi connectivity index (χ0) is 35.6. The lowest BCUT2D eigenvalue weighted by Gasteiger charge is -2.27. The molecule has 0 bridgehead atoms. The average molecular weight is 770 g/mol.